The number of thiophene rings is 1. The Balaban J connectivity index is 1.44. The van der Waals surface area contributed by atoms with Gasteiger partial charge in [-0.1, -0.05) is 0 Å². The first-order valence-corrected chi connectivity index (χ1v) is 9.29. The van der Waals surface area contributed by atoms with Crippen LogP contribution in [0.3, 0.4) is 0 Å². The Hall–Kier alpha value is -2.05. The maximum atomic E-state index is 4.56. The fourth-order valence-electron chi connectivity index (χ4n) is 3.33. The molecule has 3 aromatic heterocycles. The van der Waals surface area contributed by atoms with E-state index < -0.39 is 0 Å². The first kappa shape index (κ1) is 15.5. The molecule has 1 saturated heterocycles. The molecule has 6 heteroatoms. The molecular formula is C18H21N5S. The van der Waals surface area contributed by atoms with Gasteiger partial charge in [-0.05, 0) is 55.0 Å². The van der Waals surface area contributed by atoms with Crippen molar-refractivity contribution in [3.05, 3.63) is 47.6 Å². The highest BCUT2D eigenvalue weighted by Gasteiger charge is 2.22. The standard InChI is InChI=1S/C18H21N5S/c1-13(14-10-17-16(19-11-14)6-9-24-17)21-15-4-3-8-23(12-15)18-5-2-7-20-22-18/h2,5-7,9-11,13,15,21H,3-4,8,12H2,1H3. The summed E-state index contributed by atoms with van der Waals surface area (Å²) in [5.41, 5.74) is 2.34. The molecule has 5 nitrogen and oxygen atoms in total. The first-order valence-electron chi connectivity index (χ1n) is 8.41. The van der Waals surface area contributed by atoms with Crippen molar-refractivity contribution < 1.29 is 0 Å². The highest BCUT2D eigenvalue weighted by Crippen LogP contribution is 2.24. The number of pyridine rings is 1. The van der Waals surface area contributed by atoms with E-state index in [0.717, 1.165) is 24.4 Å². The van der Waals surface area contributed by atoms with Crippen LogP contribution in [0.1, 0.15) is 31.4 Å². The summed E-state index contributed by atoms with van der Waals surface area (Å²) in [5, 5.41) is 14.1. The van der Waals surface area contributed by atoms with Crippen LogP contribution in [0.5, 0.6) is 0 Å². The molecule has 0 amide bonds. The molecule has 3 aromatic rings. The number of aromatic nitrogens is 3. The third-order valence-corrected chi connectivity index (χ3v) is 5.47. The summed E-state index contributed by atoms with van der Waals surface area (Å²) in [6, 6.07) is 9.05. The van der Waals surface area contributed by atoms with E-state index >= 15 is 0 Å². The number of fused-ring (bicyclic) bond motifs is 1. The summed E-state index contributed by atoms with van der Waals surface area (Å²) in [6.45, 7) is 4.24. The van der Waals surface area contributed by atoms with Crippen molar-refractivity contribution in [3.63, 3.8) is 0 Å². The molecule has 2 atom stereocenters. The Bertz CT molecular complexity index is 803. The highest BCUT2D eigenvalue weighted by molar-refractivity contribution is 7.17. The summed E-state index contributed by atoms with van der Waals surface area (Å²) in [6.07, 6.45) is 6.08. The first-order chi connectivity index (χ1) is 11.8. The lowest BCUT2D eigenvalue weighted by Gasteiger charge is -2.35. The van der Waals surface area contributed by atoms with Gasteiger partial charge in [-0.3, -0.25) is 4.98 Å². The smallest absolute Gasteiger partial charge is 0.151 e. The van der Waals surface area contributed by atoms with E-state index in [1.807, 2.05) is 18.3 Å². The van der Waals surface area contributed by atoms with Crippen LogP contribution in [0, 0.1) is 0 Å². The van der Waals surface area contributed by atoms with Crippen LogP contribution in [-0.4, -0.2) is 34.3 Å². The zero-order chi connectivity index (χ0) is 16.4. The number of piperidine rings is 1. The van der Waals surface area contributed by atoms with Crippen LogP contribution in [0.4, 0.5) is 5.82 Å². The molecule has 1 fully saturated rings. The van der Waals surface area contributed by atoms with Crippen LogP contribution >= 0.6 is 11.3 Å². The van der Waals surface area contributed by atoms with Crippen LogP contribution < -0.4 is 10.2 Å². The fraction of sp³-hybridized carbons (Fsp3) is 0.389. The van der Waals surface area contributed by atoms with E-state index in [1.165, 1.54) is 23.1 Å². The lowest BCUT2D eigenvalue weighted by Crippen LogP contribution is -2.46. The minimum Gasteiger partial charge on any atom is -0.354 e. The number of hydrogen-bond acceptors (Lipinski definition) is 6. The molecule has 0 aliphatic carbocycles. The van der Waals surface area contributed by atoms with E-state index in [4.69, 9.17) is 0 Å². The fourth-order valence-corrected chi connectivity index (χ4v) is 4.12. The molecule has 4 heterocycles. The van der Waals surface area contributed by atoms with E-state index in [9.17, 15) is 0 Å². The van der Waals surface area contributed by atoms with E-state index in [2.05, 4.69) is 49.8 Å². The Kier molecular flexibility index (Phi) is 4.40. The number of rotatable bonds is 4. The summed E-state index contributed by atoms with van der Waals surface area (Å²) < 4.78 is 1.26. The predicted molar refractivity (Wildman–Crippen MR) is 98.4 cm³/mol. The summed E-state index contributed by atoms with van der Waals surface area (Å²) in [5.74, 6) is 0.971. The second-order valence-corrected chi connectivity index (χ2v) is 7.28. The van der Waals surface area contributed by atoms with Crippen molar-refractivity contribution in [1.82, 2.24) is 20.5 Å². The Morgan fingerprint density at radius 2 is 2.33 bits per heavy atom. The van der Waals surface area contributed by atoms with E-state index in [0.29, 0.717) is 6.04 Å². The molecule has 0 bridgehead atoms. The molecule has 0 aromatic carbocycles. The number of hydrogen-bond donors (Lipinski definition) is 1. The van der Waals surface area contributed by atoms with Crippen molar-refractivity contribution in [3.8, 4) is 0 Å². The molecule has 2 unspecified atom stereocenters. The third kappa shape index (κ3) is 3.25. The maximum absolute atomic E-state index is 4.56. The molecular weight excluding hydrogens is 318 g/mol. The van der Waals surface area contributed by atoms with E-state index in [1.54, 1.807) is 17.5 Å². The zero-order valence-electron chi connectivity index (χ0n) is 13.7. The van der Waals surface area contributed by atoms with Crippen LogP contribution in [0.15, 0.2) is 42.0 Å². The van der Waals surface area contributed by atoms with Crippen molar-refractivity contribution in [2.24, 2.45) is 0 Å². The summed E-state index contributed by atoms with van der Waals surface area (Å²) >= 11 is 1.75. The predicted octanol–water partition coefficient (Wildman–Crippen LogP) is 3.41. The summed E-state index contributed by atoms with van der Waals surface area (Å²) in [7, 11) is 0. The van der Waals surface area contributed by atoms with Gasteiger partial charge in [0.1, 0.15) is 0 Å². The SMILES string of the molecule is CC(NC1CCCN(c2cccnn2)C1)c1cnc2ccsc2c1. The second kappa shape index (κ2) is 6.83. The second-order valence-electron chi connectivity index (χ2n) is 6.33. The average molecular weight is 339 g/mol. The topological polar surface area (TPSA) is 53.9 Å². The van der Waals surface area contributed by atoms with Gasteiger partial charge >= 0.3 is 0 Å². The van der Waals surface area contributed by atoms with Gasteiger partial charge in [0.2, 0.25) is 0 Å². The minimum atomic E-state index is 0.288. The third-order valence-electron chi connectivity index (χ3n) is 4.61. The van der Waals surface area contributed by atoms with Crippen molar-refractivity contribution in [1.29, 1.82) is 0 Å². The largest absolute Gasteiger partial charge is 0.354 e. The van der Waals surface area contributed by atoms with Crippen molar-refractivity contribution in [2.75, 3.05) is 18.0 Å². The Morgan fingerprint density at radius 1 is 1.38 bits per heavy atom. The van der Waals surface area contributed by atoms with Crippen molar-refractivity contribution >= 4 is 27.4 Å². The van der Waals surface area contributed by atoms with Gasteiger partial charge in [0.25, 0.3) is 0 Å². The van der Waals surface area contributed by atoms with E-state index in [-0.39, 0.29) is 6.04 Å². The van der Waals surface area contributed by atoms with Gasteiger partial charge in [-0.2, -0.15) is 5.10 Å². The lowest BCUT2D eigenvalue weighted by molar-refractivity contribution is 0.386. The minimum absolute atomic E-state index is 0.288. The molecule has 1 aliphatic heterocycles. The number of nitrogens with zero attached hydrogens (tertiary/aromatic N) is 4. The van der Waals surface area contributed by atoms with Gasteiger partial charge in [0.05, 0.1) is 10.2 Å². The monoisotopic (exact) mass is 339 g/mol. The molecule has 124 valence electrons. The molecule has 24 heavy (non-hydrogen) atoms. The average Bonchev–Trinajstić information content (AvgIpc) is 3.10. The van der Waals surface area contributed by atoms with Crippen molar-refractivity contribution in [2.45, 2.75) is 31.8 Å². The molecule has 4 rings (SSSR count). The molecule has 0 saturated carbocycles. The van der Waals surface area contributed by atoms with Gasteiger partial charge in [-0.25, -0.2) is 0 Å². The Labute approximate surface area is 145 Å². The maximum Gasteiger partial charge on any atom is 0.151 e. The van der Waals surface area contributed by atoms with Gasteiger partial charge in [-0.15, -0.1) is 16.4 Å². The zero-order valence-corrected chi connectivity index (χ0v) is 14.5. The number of nitrogens with one attached hydrogen (secondary N) is 1. The van der Waals surface area contributed by atoms with Gasteiger partial charge < -0.3 is 10.2 Å². The quantitative estimate of drug-likeness (QED) is 0.789. The lowest BCUT2D eigenvalue weighted by atomic mass is 10.0. The molecule has 1 aliphatic rings. The number of anilines is 1. The van der Waals surface area contributed by atoms with Crippen LogP contribution in [0.2, 0.25) is 0 Å². The van der Waals surface area contributed by atoms with Crippen LogP contribution in [-0.2, 0) is 0 Å². The molecule has 0 spiro atoms. The molecule has 0 radical (unpaired) electrons. The molecule has 1 N–H and O–H groups in total. The Morgan fingerprint density at radius 3 is 3.21 bits per heavy atom. The normalized spacial score (nSPS) is 19.5. The van der Waals surface area contributed by atoms with Gasteiger partial charge in [0, 0.05) is 37.6 Å². The highest BCUT2D eigenvalue weighted by atomic mass is 32.1. The van der Waals surface area contributed by atoms with Gasteiger partial charge in [0.15, 0.2) is 5.82 Å². The summed E-state index contributed by atoms with van der Waals surface area (Å²) in [4.78, 5) is 6.88. The van der Waals surface area contributed by atoms with Crippen LogP contribution in [0.25, 0.3) is 10.2 Å².